The Morgan fingerprint density at radius 3 is 2.33 bits per heavy atom. The number of hydrogen-bond donors (Lipinski definition) is 1. The Balaban J connectivity index is 3.01. The molecule has 0 amide bonds. The summed E-state index contributed by atoms with van der Waals surface area (Å²) in [5.74, 6) is 0. The van der Waals surface area contributed by atoms with Crippen LogP contribution in [0.3, 0.4) is 0 Å². The third-order valence-corrected chi connectivity index (χ3v) is 4.82. The smallest absolute Gasteiger partial charge is 0.0164 e. The summed E-state index contributed by atoms with van der Waals surface area (Å²) < 4.78 is 0. The SMILES string of the molecule is C=CCCCC(NCCC)C(CC)(CC)c1ccccc1. The summed E-state index contributed by atoms with van der Waals surface area (Å²) >= 11 is 0. The molecule has 0 spiro atoms. The highest BCUT2D eigenvalue weighted by Crippen LogP contribution is 2.37. The van der Waals surface area contributed by atoms with Gasteiger partial charge >= 0.3 is 0 Å². The molecule has 0 bridgehead atoms. The number of unbranched alkanes of at least 4 members (excludes halogenated alkanes) is 1. The summed E-state index contributed by atoms with van der Waals surface area (Å²) in [4.78, 5) is 0. The van der Waals surface area contributed by atoms with Gasteiger partial charge in [0.2, 0.25) is 0 Å². The summed E-state index contributed by atoms with van der Waals surface area (Å²) in [5.41, 5.74) is 1.74. The molecule has 1 N–H and O–H groups in total. The van der Waals surface area contributed by atoms with Crippen LogP contribution in [-0.2, 0) is 5.41 Å². The Labute approximate surface area is 131 Å². The second kappa shape index (κ2) is 9.78. The minimum absolute atomic E-state index is 0.248. The largest absolute Gasteiger partial charge is 0.313 e. The summed E-state index contributed by atoms with van der Waals surface area (Å²) in [6, 6.07) is 11.6. The van der Waals surface area contributed by atoms with E-state index in [1.54, 1.807) is 0 Å². The lowest BCUT2D eigenvalue weighted by Gasteiger charge is -2.41. The van der Waals surface area contributed by atoms with E-state index >= 15 is 0 Å². The van der Waals surface area contributed by atoms with Gasteiger partial charge < -0.3 is 5.32 Å². The molecule has 1 rings (SSSR count). The van der Waals surface area contributed by atoms with Crippen LogP contribution in [0, 0.1) is 0 Å². The lowest BCUT2D eigenvalue weighted by molar-refractivity contribution is 0.255. The van der Waals surface area contributed by atoms with Crippen molar-refractivity contribution < 1.29 is 0 Å². The van der Waals surface area contributed by atoms with Gasteiger partial charge in [-0.1, -0.05) is 57.2 Å². The van der Waals surface area contributed by atoms with E-state index < -0.39 is 0 Å². The van der Waals surface area contributed by atoms with Crippen LogP contribution >= 0.6 is 0 Å². The van der Waals surface area contributed by atoms with Crippen molar-refractivity contribution in [3.05, 3.63) is 48.6 Å². The lowest BCUT2D eigenvalue weighted by Crippen LogP contribution is -2.48. The molecule has 0 fully saturated rings. The fourth-order valence-electron chi connectivity index (χ4n) is 3.48. The molecule has 0 aliphatic carbocycles. The van der Waals surface area contributed by atoms with Crippen molar-refractivity contribution in [1.29, 1.82) is 0 Å². The first-order valence-electron chi connectivity index (χ1n) is 8.64. The quantitative estimate of drug-likeness (QED) is 0.420. The lowest BCUT2D eigenvalue weighted by atomic mass is 9.68. The molecule has 0 aliphatic rings. The average molecular weight is 287 g/mol. The van der Waals surface area contributed by atoms with Crippen LogP contribution < -0.4 is 5.32 Å². The van der Waals surface area contributed by atoms with Crippen LogP contribution in [-0.4, -0.2) is 12.6 Å². The van der Waals surface area contributed by atoms with Gasteiger partial charge in [0.1, 0.15) is 0 Å². The van der Waals surface area contributed by atoms with Crippen LogP contribution in [0.1, 0.15) is 64.9 Å². The van der Waals surface area contributed by atoms with Crippen molar-refractivity contribution in [2.45, 2.75) is 70.8 Å². The van der Waals surface area contributed by atoms with E-state index in [2.05, 4.69) is 63.0 Å². The third kappa shape index (κ3) is 4.71. The third-order valence-electron chi connectivity index (χ3n) is 4.82. The molecule has 1 atom stereocenters. The van der Waals surface area contributed by atoms with E-state index in [0.29, 0.717) is 6.04 Å². The zero-order chi connectivity index (χ0) is 15.6. The van der Waals surface area contributed by atoms with E-state index in [1.165, 1.54) is 37.7 Å². The van der Waals surface area contributed by atoms with E-state index in [4.69, 9.17) is 0 Å². The van der Waals surface area contributed by atoms with Crippen LogP contribution in [0.25, 0.3) is 0 Å². The topological polar surface area (TPSA) is 12.0 Å². The first-order chi connectivity index (χ1) is 10.2. The Morgan fingerprint density at radius 2 is 1.81 bits per heavy atom. The molecule has 1 aromatic carbocycles. The summed E-state index contributed by atoms with van der Waals surface area (Å²) in [6.45, 7) is 11.9. The Kier molecular flexibility index (Phi) is 8.37. The van der Waals surface area contributed by atoms with Crippen molar-refractivity contribution in [3.63, 3.8) is 0 Å². The summed E-state index contributed by atoms with van der Waals surface area (Å²) in [5, 5.41) is 3.84. The molecule has 0 saturated carbocycles. The van der Waals surface area contributed by atoms with E-state index in [-0.39, 0.29) is 5.41 Å². The maximum absolute atomic E-state index is 3.86. The van der Waals surface area contributed by atoms with Crippen molar-refractivity contribution in [2.24, 2.45) is 0 Å². The first kappa shape index (κ1) is 18.0. The minimum atomic E-state index is 0.248. The first-order valence-corrected chi connectivity index (χ1v) is 8.64. The van der Waals surface area contributed by atoms with E-state index in [1.807, 2.05) is 6.08 Å². The number of hydrogen-bond acceptors (Lipinski definition) is 1. The second-order valence-electron chi connectivity index (χ2n) is 5.96. The van der Waals surface area contributed by atoms with Gasteiger partial charge in [0, 0.05) is 11.5 Å². The molecule has 1 heteroatoms. The van der Waals surface area contributed by atoms with Gasteiger partial charge in [-0.25, -0.2) is 0 Å². The highest BCUT2D eigenvalue weighted by molar-refractivity contribution is 5.27. The maximum atomic E-state index is 3.86. The molecule has 0 aromatic heterocycles. The number of allylic oxidation sites excluding steroid dienone is 1. The molecular formula is C20H33N. The summed E-state index contributed by atoms with van der Waals surface area (Å²) in [6.07, 6.45) is 9.16. The zero-order valence-corrected chi connectivity index (χ0v) is 14.2. The molecule has 0 heterocycles. The molecular weight excluding hydrogens is 254 g/mol. The molecule has 1 aromatic rings. The van der Waals surface area contributed by atoms with Gasteiger partial charge in [-0.15, -0.1) is 6.58 Å². The highest BCUT2D eigenvalue weighted by atomic mass is 14.9. The highest BCUT2D eigenvalue weighted by Gasteiger charge is 2.36. The van der Waals surface area contributed by atoms with Gasteiger partial charge in [0.15, 0.2) is 0 Å². The van der Waals surface area contributed by atoms with Gasteiger partial charge in [-0.2, -0.15) is 0 Å². The Hall–Kier alpha value is -1.08. The minimum Gasteiger partial charge on any atom is -0.313 e. The Bertz CT molecular complexity index is 378. The molecule has 0 aliphatic heterocycles. The van der Waals surface area contributed by atoms with Gasteiger partial charge in [-0.3, -0.25) is 0 Å². The average Bonchev–Trinajstić information content (AvgIpc) is 2.54. The van der Waals surface area contributed by atoms with Crippen molar-refractivity contribution in [1.82, 2.24) is 5.32 Å². The molecule has 1 unspecified atom stereocenters. The number of benzene rings is 1. The standard InChI is InChI=1S/C20H33N/c1-5-9-11-16-19(21-17-6-2)20(7-3,8-4)18-14-12-10-13-15-18/h5,10,12-15,19,21H,1,6-9,11,16-17H2,2-4H3. The fourth-order valence-corrected chi connectivity index (χ4v) is 3.48. The zero-order valence-electron chi connectivity index (χ0n) is 14.2. The predicted octanol–water partition coefficient (Wildman–Crippen LogP) is 5.47. The predicted molar refractivity (Wildman–Crippen MR) is 94.8 cm³/mol. The number of nitrogens with one attached hydrogen (secondary N) is 1. The van der Waals surface area contributed by atoms with Crippen LogP contribution in [0.5, 0.6) is 0 Å². The fraction of sp³-hybridized carbons (Fsp3) is 0.600. The van der Waals surface area contributed by atoms with Crippen molar-refractivity contribution in [3.8, 4) is 0 Å². The monoisotopic (exact) mass is 287 g/mol. The molecule has 118 valence electrons. The molecule has 1 nitrogen and oxygen atoms in total. The summed E-state index contributed by atoms with van der Waals surface area (Å²) in [7, 11) is 0. The Morgan fingerprint density at radius 1 is 1.14 bits per heavy atom. The van der Waals surface area contributed by atoms with Gasteiger partial charge in [-0.05, 0) is 50.6 Å². The van der Waals surface area contributed by atoms with Crippen molar-refractivity contribution in [2.75, 3.05) is 6.54 Å². The molecule has 21 heavy (non-hydrogen) atoms. The van der Waals surface area contributed by atoms with Crippen molar-refractivity contribution >= 4 is 0 Å². The molecule has 0 saturated heterocycles. The number of rotatable bonds is 11. The van der Waals surface area contributed by atoms with E-state index in [0.717, 1.165) is 13.0 Å². The van der Waals surface area contributed by atoms with Crippen LogP contribution in [0.15, 0.2) is 43.0 Å². The van der Waals surface area contributed by atoms with Crippen LogP contribution in [0.2, 0.25) is 0 Å². The molecule has 0 radical (unpaired) electrons. The van der Waals surface area contributed by atoms with Crippen LogP contribution in [0.4, 0.5) is 0 Å². The van der Waals surface area contributed by atoms with Gasteiger partial charge in [0.25, 0.3) is 0 Å². The van der Waals surface area contributed by atoms with Gasteiger partial charge in [0.05, 0.1) is 0 Å². The second-order valence-corrected chi connectivity index (χ2v) is 5.96. The normalized spacial score (nSPS) is 13.1. The van der Waals surface area contributed by atoms with E-state index in [9.17, 15) is 0 Å². The maximum Gasteiger partial charge on any atom is 0.0164 e.